The summed E-state index contributed by atoms with van der Waals surface area (Å²) >= 11 is 6.24. The van der Waals surface area contributed by atoms with E-state index in [4.69, 9.17) is 11.6 Å². The van der Waals surface area contributed by atoms with E-state index in [-0.39, 0.29) is 0 Å². The molecule has 0 bridgehead atoms. The Morgan fingerprint density at radius 2 is 1.90 bits per heavy atom. The quantitative estimate of drug-likeness (QED) is 0.834. The van der Waals surface area contributed by atoms with E-state index in [0.717, 1.165) is 31.0 Å². The number of pyridine rings is 1. The van der Waals surface area contributed by atoms with Crippen LogP contribution in [0.4, 0.5) is 0 Å². The fraction of sp³-hybridized carbons (Fsp3) is 0.389. The summed E-state index contributed by atoms with van der Waals surface area (Å²) in [6.45, 7) is 6.26. The predicted octanol–water partition coefficient (Wildman–Crippen LogP) is 4.05. The van der Waals surface area contributed by atoms with Gasteiger partial charge in [-0.05, 0) is 56.0 Å². The Morgan fingerprint density at radius 3 is 2.57 bits per heavy atom. The first-order chi connectivity index (χ1) is 10.2. The average molecular weight is 303 g/mol. The standard InChI is InChI=1S/C18H23ClN2/c1-3-20-12-16(10-15-6-4-14(2)5-7-15)11-17-8-9-21-13-18(17)19/h4-9,13,16,20H,3,10-12H2,1-2H3. The SMILES string of the molecule is CCNCC(Cc1ccc(C)cc1)Cc1ccncc1Cl. The number of aromatic nitrogens is 1. The van der Waals surface area contributed by atoms with Gasteiger partial charge in [-0.1, -0.05) is 48.4 Å². The summed E-state index contributed by atoms with van der Waals surface area (Å²) in [5, 5.41) is 4.23. The van der Waals surface area contributed by atoms with Crippen molar-refractivity contribution in [1.29, 1.82) is 0 Å². The van der Waals surface area contributed by atoms with Gasteiger partial charge in [0.2, 0.25) is 0 Å². The second-order valence-electron chi connectivity index (χ2n) is 5.53. The van der Waals surface area contributed by atoms with Gasteiger partial charge in [0, 0.05) is 12.4 Å². The van der Waals surface area contributed by atoms with Crippen molar-refractivity contribution in [2.75, 3.05) is 13.1 Å². The van der Waals surface area contributed by atoms with E-state index >= 15 is 0 Å². The molecule has 0 aliphatic heterocycles. The van der Waals surface area contributed by atoms with Crippen molar-refractivity contribution in [2.24, 2.45) is 5.92 Å². The van der Waals surface area contributed by atoms with Crippen LogP contribution in [0.5, 0.6) is 0 Å². The number of nitrogens with one attached hydrogen (secondary N) is 1. The molecular weight excluding hydrogens is 280 g/mol. The van der Waals surface area contributed by atoms with Gasteiger partial charge in [0.25, 0.3) is 0 Å². The average Bonchev–Trinajstić information content (AvgIpc) is 2.49. The van der Waals surface area contributed by atoms with Gasteiger partial charge in [0.15, 0.2) is 0 Å². The molecule has 1 aromatic heterocycles. The Hall–Kier alpha value is -1.38. The van der Waals surface area contributed by atoms with Crippen molar-refractivity contribution in [3.05, 3.63) is 64.4 Å². The summed E-state index contributed by atoms with van der Waals surface area (Å²) in [6.07, 6.45) is 5.58. The second kappa shape index (κ2) is 8.16. The Bertz CT molecular complexity index is 551. The number of benzene rings is 1. The molecule has 0 saturated heterocycles. The zero-order chi connectivity index (χ0) is 15.1. The van der Waals surface area contributed by atoms with E-state index in [1.54, 1.807) is 6.20 Å². The maximum atomic E-state index is 6.24. The van der Waals surface area contributed by atoms with Gasteiger partial charge in [0.1, 0.15) is 0 Å². The first kappa shape index (κ1) is 16.0. The van der Waals surface area contributed by atoms with Crippen LogP contribution in [0.25, 0.3) is 0 Å². The summed E-state index contributed by atoms with van der Waals surface area (Å²) in [5.74, 6) is 0.535. The van der Waals surface area contributed by atoms with Crippen LogP contribution in [0.3, 0.4) is 0 Å². The van der Waals surface area contributed by atoms with Gasteiger partial charge in [-0.25, -0.2) is 0 Å². The van der Waals surface area contributed by atoms with Crippen molar-refractivity contribution >= 4 is 11.6 Å². The van der Waals surface area contributed by atoms with Gasteiger partial charge >= 0.3 is 0 Å². The lowest BCUT2D eigenvalue weighted by atomic mass is 9.92. The highest BCUT2D eigenvalue weighted by molar-refractivity contribution is 6.31. The molecule has 0 aliphatic carbocycles. The van der Waals surface area contributed by atoms with Crippen LogP contribution in [0.15, 0.2) is 42.7 Å². The van der Waals surface area contributed by atoms with Crippen molar-refractivity contribution in [1.82, 2.24) is 10.3 Å². The third-order valence-electron chi connectivity index (χ3n) is 3.69. The number of hydrogen-bond donors (Lipinski definition) is 1. The van der Waals surface area contributed by atoms with Gasteiger partial charge < -0.3 is 5.32 Å². The van der Waals surface area contributed by atoms with Crippen molar-refractivity contribution < 1.29 is 0 Å². The molecule has 0 amide bonds. The summed E-state index contributed by atoms with van der Waals surface area (Å²) in [7, 11) is 0. The molecule has 112 valence electrons. The third-order valence-corrected chi connectivity index (χ3v) is 4.03. The maximum Gasteiger partial charge on any atom is 0.0621 e. The number of hydrogen-bond acceptors (Lipinski definition) is 2. The summed E-state index contributed by atoms with van der Waals surface area (Å²) in [5.41, 5.74) is 3.87. The molecule has 0 spiro atoms. The summed E-state index contributed by atoms with van der Waals surface area (Å²) < 4.78 is 0. The first-order valence-electron chi connectivity index (χ1n) is 7.53. The summed E-state index contributed by atoms with van der Waals surface area (Å²) in [6, 6.07) is 10.8. The lowest BCUT2D eigenvalue weighted by Gasteiger charge is -2.18. The Labute approximate surface area is 132 Å². The predicted molar refractivity (Wildman–Crippen MR) is 89.9 cm³/mol. The van der Waals surface area contributed by atoms with E-state index in [0.29, 0.717) is 5.92 Å². The van der Waals surface area contributed by atoms with E-state index in [9.17, 15) is 0 Å². The highest BCUT2D eigenvalue weighted by Crippen LogP contribution is 2.20. The molecule has 2 nitrogen and oxygen atoms in total. The van der Waals surface area contributed by atoms with Crippen LogP contribution in [0, 0.1) is 12.8 Å². The molecule has 1 atom stereocenters. The molecule has 1 N–H and O–H groups in total. The minimum atomic E-state index is 0.535. The highest BCUT2D eigenvalue weighted by Gasteiger charge is 2.12. The minimum absolute atomic E-state index is 0.535. The topological polar surface area (TPSA) is 24.9 Å². The van der Waals surface area contributed by atoms with Crippen molar-refractivity contribution in [3.8, 4) is 0 Å². The molecule has 1 heterocycles. The molecule has 0 aliphatic rings. The maximum absolute atomic E-state index is 6.24. The van der Waals surface area contributed by atoms with Crippen LogP contribution >= 0.6 is 11.6 Å². The highest BCUT2D eigenvalue weighted by atomic mass is 35.5. The van der Waals surface area contributed by atoms with E-state index < -0.39 is 0 Å². The van der Waals surface area contributed by atoms with Crippen LogP contribution < -0.4 is 5.32 Å². The van der Waals surface area contributed by atoms with E-state index in [1.165, 1.54) is 16.7 Å². The Morgan fingerprint density at radius 1 is 1.14 bits per heavy atom. The zero-order valence-corrected chi connectivity index (χ0v) is 13.5. The fourth-order valence-corrected chi connectivity index (χ4v) is 2.70. The zero-order valence-electron chi connectivity index (χ0n) is 12.8. The number of nitrogens with zero attached hydrogens (tertiary/aromatic N) is 1. The third kappa shape index (κ3) is 5.14. The molecule has 2 rings (SSSR count). The van der Waals surface area contributed by atoms with Crippen LogP contribution in [0.2, 0.25) is 5.02 Å². The second-order valence-corrected chi connectivity index (χ2v) is 5.94. The molecule has 2 aromatic rings. The monoisotopic (exact) mass is 302 g/mol. The molecule has 1 aromatic carbocycles. The lowest BCUT2D eigenvalue weighted by molar-refractivity contribution is 0.478. The van der Waals surface area contributed by atoms with Gasteiger partial charge in [-0.15, -0.1) is 0 Å². The van der Waals surface area contributed by atoms with Crippen molar-refractivity contribution in [3.63, 3.8) is 0 Å². The van der Waals surface area contributed by atoms with Crippen LogP contribution in [-0.2, 0) is 12.8 Å². The first-order valence-corrected chi connectivity index (χ1v) is 7.91. The normalized spacial score (nSPS) is 12.3. The van der Waals surface area contributed by atoms with E-state index in [2.05, 4.69) is 48.4 Å². The molecule has 3 heteroatoms. The molecular formula is C18H23ClN2. The van der Waals surface area contributed by atoms with Crippen LogP contribution in [0.1, 0.15) is 23.6 Å². The molecule has 0 radical (unpaired) electrons. The van der Waals surface area contributed by atoms with Crippen molar-refractivity contribution in [2.45, 2.75) is 26.7 Å². The summed E-state index contributed by atoms with van der Waals surface area (Å²) in [4.78, 5) is 4.06. The Kier molecular flexibility index (Phi) is 6.21. The molecule has 1 unspecified atom stereocenters. The number of rotatable bonds is 7. The Balaban J connectivity index is 2.07. The van der Waals surface area contributed by atoms with Gasteiger partial charge in [-0.2, -0.15) is 0 Å². The van der Waals surface area contributed by atoms with Gasteiger partial charge in [-0.3, -0.25) is 4.98 Å². The number of halogens is 1. The fourth-order valence-electron chi connectivity index (χ4n) is 2.50. The molecule has 0 fully saturated rings. The number of aryl methyl sites for hydroxylation is 1. The largest absolute Gasteiger partial charge is 0.317 e. The smallest absolute Gasteiger partial charge is 0.0621 e. The van der Waals surface area contributed by atoms with Gasteiger partial charge in [0.05, 0.1) is 5.02 Å². The van der Waals surface area contributed by atoms with E-state index in [1.807, 2.05) is 12.3 Å². The molecule has 21 heavy (non-hydrogen) atoms. The van der Waals surface area contributed by atoms with Crippen LogP contribution in [-0.4, -0.2) is 18.1 Å². The lowest BCUT2D eigenvalue weighted by Crippen LogP contribution is -2.25. The molecule has 0 saturated carbocycles. The minimum Gasteiger partial charge on any atom is -0.317 e.